The van der Waals surface area contributed by atoms with Crippen LogP contribution in [0.1, 0.15) is 31.7 Å². The monoisotopic (exact) mass is 315 g/mol. The molecule has 3 rings (SSSR count). The molecule has 0 radical (unpaired) electrons. The maximum absolute atomic E-state index is 12.4. The van der Waals surface area contributed by atoms with Gasteiger partial charge in [0, 0.05) is 31.2 Å². The first-order valence-electron chi connectivity index (χ1n) is 8.52. The van der Waals surface area contributed by atoms with Crippen molar-refractivity contribution in [3.63, 3.8) is 0 Å². The van der Waals surface area contributed by atoms with E-state index < -0.39 is 0 Å². The Labute approximate surface area is 137 Å². The van der Waals surface area contributed by atoms with E-state index in [9.17, 15) is 9.59 Å². The predicted molar refractivity (Wildman–Crippen MR) is 90.0 cm³/mol. The van der Waals surface area contributed by atoms with Crippen LogP contribution in [-0.4, -0.2) is 30.9 Å². The van der Waals surface area contributed by atoms with E-state index in [0.717, 1.165) is 24.9 Å². The summed E-state index contributed by atoms with van der Waals surface area (Å²) in [5, 5.41) is 3.04. The molecular weight excluding hydrogens is 290 g/mol. The van der Waals surface area contributed by atoms with Crippen LogP contribution in [0.15, 0.2) is 24.3 Å². The van der Waals surface area contributed by atoms with Crippen molar-refractivity contribution in [1.29, 1.82) is 0 Å². The zero-order valence-electron chi connectivity index (χ0n) is 13.6. The molecule has 2 unspecified atom stereocenters. The lowest BCUT2D eigenvalue weighted by Crippen LogP contribution is -2.45. The molecule has 0 aromatic heterocycles. The fraction of sp³-hybridized carbons (Fsp3) is 0.556. The standard InChI is InChI=1S/C18H25N3O2/c1-2-12-3-7-15(8-4-12)21-11-14(9-17(21)22)18(23)20-16(10-19)13-5-6-13/h3-4,7-8,13-14,16H,2,5-6,9-11,19H2,1H3,(H,20,23). The third-order valence-corrected chi connectivity index (χ3v) is 4.92. The maximum Gasteiger partial charge on any atom is 0.227 e. The van der Waals surface area contributed by atoms with Crippen LogP contribution in [0.25, 0.3) is 0 Å². The van der Waals surface area contributed by atoms with Gasteiger partial charge in [-0.3, -0.25) is 9.59 Å². The molecule has 23 heavy (non-hydrogen) atoms. The van der Waals surface area contributed by atoms with Crippen LogP contribution in [0.2, 0.25) is 0 Å². The zero-order valence-corrected chi connectivity index (χ0v) is 13.6. The van der Waals surface area contributed by atoms with Crippen molar-refractivity contribution in [3.05, 3.63) is 29.8 Å². The van der Waals surface area contributed by atoms with Crippen LogP contribution in [0.3, 0.4) is 0 Å². The normalized spacial score (nSPS) is 22.3. The Balaban J connectivity index is 1.62. The second-order valence-corrected chi connectivity index (χ2v) is 6.61. The molecule has 1 aliphatic heterocycles. The number of carbonyl (C=O) groups is 2. The number of anilines is 1. The Kier molecular flexibility index (Phi) is 4.66. The lowest BCUT2D eigenvalue weighted by Gasteiger charge is -2.20. The molecule has 1 saturated carbocycles. The molecule has 124 valence electrons. The molecule has 0 bridgehead atoms. The highest BCUT2D eigenvalue weighted by Crippen LogP contribution is 2.33. The van der Waals surface area contributed by atoms with E-state index in [1.165, 1.54) is 5.56 Å². The van der Waals surface area contributed by atoms with Gasteiger partial charge in [0.2, 0.25) is 11.8 Å². The molecule has 1 aromatic rings. The molecule has 2 aliphatic rings. The van der Waals surface area contributed by atoms with Crippen molar-refractivity contribution in [2.75, 3.05) is 18.0 Å². The summed E-state index contributed by atoms with van der Waals surface area (Å²) in [6.07, 6.45) is 3.54. The second-order valence-electron chi connectivity index (χ2n) is 6.61. The van der Waals surface area contributed by atoms with E-state index >= 15 is 0 Å². The number of carbonyl (C=O) groups excluding carboxylic acids is 2. The van der Waals surface area contributed by atoms with Crippen molar-refractivity contribution < 1.29 is 9.59 Å². The highest BCUT2D eigenvalue weighted by molar-refractivity contribution is 6.00. The van der Waals surface area contributed by atoms with Gasteiger partial charge in [0.15, 0.2) is 0 Å². The SMILES string of the molecule is CCc1ccc(N2CC(C(=O)NC(CN)C3CC3)CC2=O)cc1. The number of nitrogens with one attached hydrogen (secondary N) is 1. The lowest BCUT2D eigenvalue weighted by molar-refractivity contribution is -0.127. The van der Waals surface area contributed by atoms with E-state index in [2.05, 4.69) is 12.2 Å². The molecular formula is C18H25N3O2. The fourth-order valence-electron chi connectivity index (χ4n) is 3.21. The van der Waals surface area contributed by atoms with Gasteiger partial charge in [0.1, 0.15) is 0 Å². The molecule has 5 nitrogen and oxygen atoms in total. The van der Waals surface area contributed by atoms with Gasteiger partial charge >= 0.3 is 0 Å². The minimum Gasteiger partial charge on any atom is -0.352 e. The van der Waals surface area contributed by atoms with Crippen LogP contribution in [-0.2, 0) is 16.0 Å². The van der Waals surface area contributed by atoms with Crippen LogP contribution >= 0.6 is 0 Å². The number of hydrogen-bond donors (Lipinski definition) is 2. The van der Waals surface area contributed by atoms with Crippen LogP contribution in [0, 0.1) is 11.8 Å². The highest BCUT2D eigenvalue weighted by atomic mass is 16.2. The van der Waals surface area contributed by atoms with Gasteiger partial charge in [0.05, 0.1) is 5.92 Å². The molecule has 2 amide bonds. The van der Waals surface area contributed by atoms with Crippen LogP contribution in [0.4, 0.5) is 5.69 Å². The quantitative estimate of drug-likeness (QED) is 0.834. The van der Waals surface area contributed by atoms with Crippen molar-refractivity contribution in [3.8, 4) is 0 Å². The van der Waals surface area contributed by atoms with Crippen LogP contribution < -0.4 is 16.0 Å². The topological polar surface area (TPSA) is 75.4 Å². The van der Waals surface area contributed by atoms with Crippen molar-refractivity contribution >= 4 is 17.5 Å². The van der Waals surface area contributed by atoms with Gasteiger partial charge in [0.25, 0.3) is 0 Å². The maximum atomic E-state index is 12.4. The molecule has 1 heterocycles. The number of aryl methyl sites for hydroxylation is 1. The fourth-order valence-corrected chi connectivity index (χ4v) is 3.21. The molecule has 1 saturated heterocycles. The van der Waals surface area contributed by atoms with Gasteiger partial charge in [-0.05, 0) is 42.9 Å². The van der Waals surface area contributed by atoms with E-state index in [0.29, 0.717) is 19.0 Å². The summed E-state index contributed by atoms with van der Waals surface area (Å²) in [5.74, 6) is 0.235. The average molecular weight is 315 g/mol. The summed E-state index contributed by atoms with van der Waals surface area (Å²) in [6, 6.07) is 8.06. The number of nitrogens with zero attached hydrogens (tertiary/aromatic N) is 1. The Morgan fingerprint density at radius 2 is 2.04 bits per heavy atom. The Morgan fingerprint density at radius 1 is 1.35 bits per heavy atom. The smallest absolute Gasteiger partial charge is 0.227 e. The van der Waals surface area contributed by atoms with Gasteiger partial charge in [-0.2, -0.15) is 0 Å². The predicted octanol–water partition coefficient (Wildman–Crippen LogP) is 1.46. The van der Waals surface area contributed by atoms with Gasteiger partial charge in [-0.25, -0.2) is 0 Å². The summed E-state index contributed by atoms with van der Waals surface area (Å²) < 4.78 is 0. The number of hydrogen-bond acceptors (Lipinski definition) is 3. The van der Waals surface area contributed by atoms with Crippen molar-refractivity contribution in [2.24, 2.45) is 17.6 Å². The number of amides is 2. The Bertz CT molecular complexity index is 580. The number of benzene rings is 1. The summed E-state index contributed by atoms with van der Waals surface area (Å²) >= 11 is 0. The molecule has 5 heteroatoms. The van der Waals surface area contributed by atoms with E-state index in [-0.39, 0.29) is 30.2 Å². The summed E-state index contributed by atoms with van der Waals surface area (Å²) in [7, 11) is 0. The highest BCUT2D eigenvalue weighted by Gasteiger charge is 2.38. The van der Waals surface area contributed by atoms with Gasteiger partial charge in [-0.1, -0.05) is 19.1 Å². The Morgan fingerprint density at radius 3 is 2.61 bits per heavy atom. The van der Waals surface area contributed by atoms with E-state index in [4.69, 9.17) is 5.73 Å². The van der Waals surface area contributed by atoms with Gasteiger partial charge in [-0.15, -0.1) is 0 Å². The third kappa shape index (κ3) is 3.55. The molecule has 0 spiro atoms. The van der Waals surface area contributed by atoms with Crippen LogP contribution in [0.5, 0.6) is 0 Å². The first kappa shape index (κ1) is 16.0. The van der Waals surface area contributed by atoms with E-state index in [1.807, 2.05) is 24.3 Å². The second kappa shape index (κ2) is 6.71. The minimum atomic E-state index is -0.277. The number of nitrogens with two attached hydrogens (primary N) is 1. The molecule has 1 aliphatic carbocycles. The first-order chi connectivity index (χ1) is 11.1. The average Bonchev–Trinajstić information content (AvgIpc) is 3.34. The molecule has 2 atom stereocenters. The first-order valence-corrected chi connectivity index (χ1v) is 8.52. The van der Waals surface area contributed by atoms with E-state index in [1.54, 1.807) is 4.90 Å². The summed E-state index contributed by atoms with van der Waals surface area (Å²) in [5.41, 5.74) is 7.86. The largest absolute Gasteiger partial charge is 0.352 e. The molecule has 2 fully saturated rings. The summed E-state index contributed by atoms with van der Waals surface area (Å²) in [4.78, 5) is 26.4. The lowest BCUT2D eigenvalue weighted by atomic mass is 10.1. The Hall–Kier alpha value is -1.88. The molecule has 1 aromatic carbocycles. The third-order valence-electron chi connectivity index (χ3n) is 4.92. The summed E-state index contributed by atoms with van der Waals surface area (Å²) in [6.45, 7) is 3.03. The minimum absolute atomic E-state index is 0.0186. The van der Waals surface area contributed by atoms with Crippen molar-refractivity contribution in [1.82, 2.24) is 5.32 Å². The number of rotatable bonds is 6. The molecule has 3 N–H and O–H groups in total. The van der Waals surface area contributed by atoms with Crippen molar-refractivity contribution in [2.45, 2.75) is 38.6 Å². The zero-order chi connectivity index (χ0) is 16.4. The van der Waals surface area contributed by atoms with Gasteiger partial charge < -0.3 is 16.0 Å².